The summed E-state index contributed by atoms with van der Waals surface area (Å²) in [7, 11) is -2.31. The van der Waals surface area contributed by atoms with Crippen LogP contribution in [0.5, 0.6) is 0 Å². The second kappa shape index (κ2) is 44.0. The summed E-state index contributed by atoms with van der Waals surface area (Å²) in [6.07, 6.45) is 52.4. The molecule has 0 aliphatic heterocycles. The Morgan fingerprint density at radius 3 is 1.36 bits per heavy atom. The predicted molar refractivity (Wildman–Crippen MR) is 242 cm³/mol. The van der Waals surface area contributed by atoms with Crippen molar-refractivity contribution in [1.82, 2.24) is 4.90 Å². The van der Waals surface area contributed by atoms with Gasteiger partial charge in [0.1, 0.15) is 6.29 Å². The van der Waals surface area contributed by atoms with Crippen molar-refractivity contribution in [3.8, 4) is 0 Å². The van der Waals surface area contributed by atoms with Gasteiger partial charge >= 0.3 is 8.56 Å². The molecular weight excluding hydrogens is 699 g/mol. The summed E-state index contributed by atoms with van der Waals surface area (Å²) < 4.78 is 19.4. The second-order valence-electron chi connectivity index (χ2n) is 16.0. The highest BCUT2D eigenvalue weighted by Gasteiger charge is 2.29. The Bertz CT molecular complexity index is 870. The predicted octanol–water partition coefficient (Wildman–Crippen LogP) is 13.5. The Hall–Kier alpha value is -1.06. The van der Waals surface area contributed by atoms with Crippen LogP contribution < -0.4 is 0 Å². The zero-order valence-corrected chi connectivity index (χ0v) is 38.0. The Kier molecular flexibility index (Phi) is 43.2. The molecule has 7 heteroatoms. The molecule has 0 bridgehead atoms. The van der Waals surface area contributed by atoms with Gasteiger partial charge in [0.05, 0.1) is 13.2 Å². The molecule has 0 spiro atoms. The van der Waals surface area contributed by atoms with Gasteiger partial charge in [-0.15, -0.1) is 0 Å². The molecule has 2 N–H and O–H groups in total. The molecule has 55 heavy (non-hydrogen) atoms. The summed E-state index contributed by atoms with van der Waals surface area (Å²) in [5, 5.41) is 18.6. The van der Waals surface area contributed by atoms with Gasteiger partial charge in [0.25, 0.3) is 0 Å². The highest BCUT2D eigenvalue weighted by Crippen LogP contribution is 2.19. The SMILES string of the molecule is CCCCC/C=C\C/C=C\CCCCCCCCOC(CCCCCN(CCO)CCO)O[Si](C)(C)OCCCCCCCC/C=C\C/C=C\CCCCC. The summed E-state index contributed by atoms with van der Waals surface area (Å²) in [6, 6.07) is 0. The lowest BCUT2D eigenvalue weighted by atomic mass is 10.1. The van der Waals surface area contributed by atoms with E-state index in [9.17, 15) is 10.2 Å². The van der Waals surface area contributed by atoms with E-state index >= 15 is 0 Å². The molecule has 1 atom stereocenters. The fraction of sp³-hybridized carbons (Fsp3) is 0.833. The van der Waals surface area contributed by atoms with Crippen molar-refractivity contribution in [1.29, 1.82) is 0 Å². The molecule has 0 rings (SSSR count). The van der Waals surface area contributed by atoms with Crippen LogP contribution in [0.2, 0.25) is 13.1 Å². The number of nitrogens with zero attached hydrogens (tertiary/aromatic N) is 1. The average Bonchev–Trinajstić information content (AvgIpc) is 3.17. The van der Waals surface area contributed by atoms with E-state index in [2.05, 4.69) is 80.4 Å². The lowest BCUT2D eigenvalue weighted by Gasteiger charge is -2.29. The number of allylic oxidation sites excluding steroid dienone is 8. The van der Waals surface area contributed by atoms with E-state index in [0.717, 1.165) is 71.1 Å². The number of hydrogen-bond donors (Lipinski definition) is 2. The van der Waals surface area contributed by atoms with Crippen molar-refractivity contribution in [3.63, 3.8) is 0 Å². The number of hydrogen-bond acceptors (Lipinski definition) is 6. The summed E-state index contributed by atoms with van der Waals surface area (Å²) in [4.78, 5) is 2.13. The maximum Gasteiger partial charge on any atom is 0.333 e. The van der Waals surface area contributed by atoms with Crippen LogP contribution >= 0.6 is 0 Å². The Morgan fingerprint density at radius 2 is 0.891 bits per heavy atom. The first kappa shape index (κ1) is 53.9. The van der Waals surface area contributed by atoms with Crippen molar-refractivity contribution >= 4 is 8.56 Å². The largest absolute Gasteiger partial charge is 0.395 e. The number of aliphatic hydroxyl groups excluding tert-OH is 2. The quantitative estimate of drug-likeness (QED) is 0.0277. The minimum absolute atomic E-state index is 0.133. The van der Waals surface area contributed by atoms with Crippen LogP contribution in [0.3, 0.4) is 0 Å². The standard InChI is InChI=1S/C48H93NO5Si/c1-5-7-9-11-13-15-17-19-21-23-25-27-29-31-33-38-46-52-48(40-36-35-37-41-49(42-44-50)43-45-51)54-55(3,4)53-47-39-34-32-30-28-26-24-22-20-18-16-14-12-10-8-6-2/h13-16,19-22,48,50-51H,5-12,17-18,23-47H2,1-4H3/b15-13-,16-14-,21-19-,22-20-. The average molecular weight is 792 g/mol. The molecule has 0 aromatic carbocycles. The van der Waals surface area contributed by atoms with Crippen LogP contribution in [0.25, 0.3) is 0 Å². The summed E-state index contributed by atoms with van der Waals surface area (Å²) in [5.74, 6) is 0. The minimum Gasteiger partial charge on any atom is -0.395 e. The molecule has 0 saturated carbocycles. The number of rotatable bonds is 44. The first-order valence-corrected chi connectivity index (χ1v) is 26.3. The Morgan fingerprint density at radius 1 is 0.473 bits per heavy atom. The van der Waals surface area contributed by atoms with E-state index in [0.29, 0.717) is 13.1 Å². The molecule has 1 unspecified atom stereocenters. The second-order valence-corrected chi connectivity index (χ2v) is 19.3. The first-order chi connectivity index (χ1) is 27.0. The monoisotopic (exact) mass is 792 g/mol. The fourth-order valence-corrected chi connectivity index (χ4v) is 8.20. The lowest BCUT2D eigenvalue weighted by molar-refractivity contribution is -0.104. The van der Waals surface area contributed by atoms with Gasteiger partial charge in [-0.3, -0.25) is 4.90 Å². The van der Waals surface area contributed by atoms with Crippen molar-refractivity contribution < 1.29 is 23.8 Å². The van der Waals surface area contributed by atoms with E-state index in [4.69, 9.17) is 13.6 Å². The van der Waals surface area contributed by atoms with Crippen molar-refractivity contribution in [2.75, 3.05) is 46.1 Å². The Balaban J connectivity index is 4.31. The molecule has 0 heterocycles. The lowest BCUT2D eigenvalue weighted by Crippen LogP contribution is -2.40. The van der Waals surface area contributed by atoms with Gasteiger partial charge in [-0.1, -0.05) is 146 Å². The molecule has 0 aromatic heterocycles. The third-order valence-corrected chi connectivity index (χ3v) is 11.8. The zero-order chi connectivity index (χ0) is 40.2. The van der Waals surface area contributed by atoms with E-state index in [-0.39, 0.29) is 19.5 Å². The van der Waals surface area contributed by atoms with Gasteiger partial charge in [-0.2, -0.15) is 0 Å². The van der Waals surface area contributed by atoms with Crippen LogP contribution in [0.15, 0.2) is 48.6 Å². The highest BCUT2D eigenvalue weighted by atomic mass is 28.4. The van der Waals surface area contributed by atoms with Crippen molar-refractivity contribution in [2.45, 2.75) is 213 Å². The van der Waals surface area contributed by atoms with E-state index in [1.54, 1.807) is 0 Å². The third kappa shape index (κ3) is 42.4. The maximum atomic E-state index is 9.31. The zero-order valence-electron chi connectivity index (χ0n) is 37.0. The van der Waals surface area contributed by atoms with Crippen LogP contribution in [-0.4, -0.2) is 76.0 Å². The minimum atomic E-state index is -2.31. The summed E-state index contributed by atoms with van der Waals surface area (Å²) in [5.41, 5.74) is 0. The van der Waals surface area contributed by atoms with Gasteiger partial charge in [0.2, 0.25) is 0 Å². The molecule has 0 aliphatic carbocycles. The molecule has 0 aliphatic rings. The first-order valence-electron chi connectivity index (χ1n) is 23.5. The summed E-state index contributed by atoms with van der Waals surface area (Å²) in [6.45, 7) is 12.8. The normalized spacial score (nSPS) is 13.3. The van der Waals surface area contributed by atoms with Crippen LogP contribution in [-0.2, 0) is 13.6 Å². The smallest absolute Gasteiger partial charge is 0.333 e. The van der Waals surface area contributed by atoms with Crippen LogP contribution in [0.4, 0.5) is 0 Å². The van der Waals surface area contributed by atoms with Gasteiger partial charge in [-0.25, -0.2) is 0 Å². The Labute approximate surface area is 343 Å². The van der Waals surface area contributed by atoms with E-state index in [1.165, 1.54) is 128 Å². The molecule has 0 saturated heterocycles. The van der Waals surface area contributed by atoms with Gasteiger partial charge in [0.15, 0.2) is 0 Å². The molecule has 0 aromatic rings. The number of unbranched alkanes of at least 4 members (excludes halogenated alkanes) is 20. The number of ether oxygens (including phenoxy) is 1. The van der Waals surface area contributed by atoms with Crippen LogP contribution in [0.1, 0.15) is 194 Å². The van der Waals surface area contributed by atoms with E-state index in [1.807, 2.05) is 0 Å². The maximum absolute atomic E-state index is 9.31. The van der Waals surface area contributed by atoms with Crippen molar-refractivity contribution in [3.05, 3.63) is 48.6 Å². The number of aliphatic hydroxyl groups is 2. The van der Waals surface area contributed by atoms with Crippen molar-refractivity contribution in [2.24, 2.45) is 0 Å². The molecule has 0 amide bonds. The molecule has 0 fully saturated rings. The third-order valence-electron chi connectivity index (χ3n) is 10.1. The topological polar surface area (TPSA) is 71.4 Å². The van der Waals surface area contributed by atoms with Gasteiger partial charge in [-0.05, 0) is 116 Å². The molecule has 6 nitrogen and oxygen atoms in total. The fourth-order valence-electron chi connectivity index (χ4n) is 6.68. The molecular formula is C48H93NO5Si. The van der Waals surface area contributed by atoms with Crippen LogP contribution in [0, 0.1) is 0 Å². The van der Waals surface area contributed by atoms with E-state index < -0.39 is 8.56 Å². The molecule has 0 radical (unpaired) electrons. The highest BCUT2D eigenvalue weighted by molar-refractivity contribution is 6.64. The van der Waals surface area contributed by atoms with Gasteiger partial charge in [0, 0.05) is 26.3 Å². The molecule has 324 valence electrons. The summed E-state index contributed by atoms with van der Waals surface area (Å²) >= 11 is 0. The van der Waals surface area contributed by atoms with Gasteiger partial charge < -0.3 is 23.8 Å².